The van der Waals surface area contributed by atoms with Crippen LogP contribution < -0.4 is 10.2 Å². The number of hydrogen-bond donors (Lipinski definition) is 1. The second-order valence-corrected chi connectivity index (χ2v) is 7.04. The van der Waals surface area contributed by atoms with Gasteiger partial charge < -0.3 is 15.1 Å². The number of anilines is 1. The predicted molar refractivity (Wildman–Crippen MR) is 107 cm³/mol. The first-order valence-electron chi connectivity index (χ1n) is 9.65. The average Bonchev–Trinajstić information content (AvgIpc) is 2.72. The second-order valence-electron chi connectivity index (χ2n) is 7.04. The summed E-state index contributed by atoms with van der Waals surface area (Å²) in [6.07, 6.45) is 0.313. The van der Waals surface area contributed by atoms with E-state index in [2.05, 4.69) is 5.32 Å². The molecule has 3 rings (SSSR count). The summed E-state index contributed by atoms with van der Waals surface area (Å²) < 4.78 is 14.1. The molecule has 1 heterocycles. The van der Waals surface area contributed by atoms with Crippen molar-refractivity contribution >= 4 is 17.5 Å². The lowest BCUT2D eigenvalue weighted by Gasteiger charge is -2.42. The molecular formula is C22H26FN3O2. The van der Waals surface area contributed by atoms with Crippen molar-refractivity contribution in [3.63, 3.8) is 0 Å². The Balaban J connectivity index is 1.77. The minimum Gasteiger partial charge on any atom is -0.365 e. The van der Waals surface area contributed by atoms with Crippen molar-refractivity contribution in [2.75, 3.05) is 24.5 Å². The Morgan fingerprint density at radius 1 is 1.11 bits per heavy atom. The molecule has 1 aliphatic heterocycles. The van der Waals surface area contributed by atoms with Gasteiger partial charge in [-0.3, -0.25) is 9.59 Å². The molecule has 1 fully saturated rings. The molecule has 0 spiro atoms. The molecule has 0 saturated carbocycles. The van der Waals surface area contributed by atoms with Crippen LogP contribution in [-0.4, -0.2) is 42.4 Å². The molecule has 0 radical (unpaired) electrons. The molecular weight excluding hydrogens is 357 g/mol. The number of nitrogens with zero attached hydrogens (tertiary/aromatic N) is 2. The lowest BCUT2D eigenvalue weighted by Crippen LogP contribution is -2.56. The highest BCUT2D eigenvalue weighted by molar-refractivity contribution is 5.89. The first kappa shape index (κ1) is 19.9. The first-order valence-corrected chi connectivity index (χ1v) is 9.65. The maximum atomic E-state index is 14.1. The Kier molecular flexibility index (Phi) is 6.29. The molecule has 1 aliphatic rings. The lowest BCUT2D eigenvalue weighted by molar-refractivity contribution is -0.138. The summed E-state index contributed by atoms with van der Waals surface area (Å²) in [5.74, 6) is -0.555. The molecule has 2 unspecified atom stereocenters. The van der Waals surface area contributed by atoms with E-state index in [-0.39, 0.29) is 23.7 Å². The summed E-state index contributed by atoms with van der Waals surface area (Å²) in [6, 6.07) is 15.1. The van der Waals surface area contributed by atoms with E-state index < -0.39 is 6.04 Å². The highest BCUT2D eigenvalue weighted by atomic mass is 19.1. The highest BCUT2D eigenvalue weighted by Crippen LogP contribution is 2.24. The van der Waals surface area contributed by atoms with Crippen LogP contribution in [0.4, 0.5) is 10.1 Å². The van der Waals surface area contributed by atoms with Gasteiger partial charge in [0.15, 0.2) is 0 Å². The van der Waals surface area contributed by atoms with Crippen LogP contribution in [0.2, 0.25) is 0 Å². The average molecular weight is 383 g/mol. The monoisotopic (exact) mass is 383 g/mol. The lowest BCUT2D eigenvalue weighted by atomic mass is 10.0. The van der Waals surface area contributed by atoms with Gasteiger partial charge in [-0.05, 0) is 24.6 Å². The Hall–Kier alpha value is -2.89. The molecule has 0 bridgehead atoms. The molecule has 2 aromatic rings. The third kappa shape index (κ3) is 4.32. The second kappa shape index (κ2) is 8.87. The van der Waals surface area contributed by atoms with Gasteiger partial charge in [-0.1, -0.05) is 49.4 Å². The first-order chi connectivity index (χ1) is 13.5. The van der Waals surface area contributed by atoms with E-state index in [0.717, 1.165) is 5.56 Å². The maximum Gasteiger partial charge on any atom is 0.250 e. The standard InChI is InChI=1S/C22H26FN3O2/c1-3-20(27)24-21(17-9-5-4-6-10-17)22(28)26-14-13-25(15-16(26)2)19-12-8-7-11-18(19)23/h4-12,16,21H,3,13-15H2,1-2H3,(H,24,27). The van der Waals surface area contributed by atoms with E-state index in [1.807, 2.05) is 48.2 Å². The Morgan fingerprint density at radius 2 is 1.79 bits per heavy atom. The van der Waals surface area contributed by atoms with Crippen molar-refractivity contribution in [3.05, 3.63) is 66.0 Å². The molecule has 1 saturated heterocycles. The van der Waals surface area contributed by atoms with Gasteiger partial charge in [-0.25, -0.2) is 4.39 Å². The fourth-order valence-electron chi connectivity index (χ4n) is 3.57. The van der Waals surface area contributed by atoms with E-state index in [1.54, 1.807) is 24.0 Å². The summed E-state index contributed by atoms with van der Waals surface area (Å²) in [4.78, 5) is 29.0. The van der Waals surface area contributed by atoms with Gasteiger partial charge in [0, 0.05) is 32.1 Å². The Bertz CT molecular complexity index is 828. The van der Waals surface area contributed by atoms with E-state index in [1.165, 1.54) is 6.07 Å². The minimum absolute atomic E-state index is 0.106. The van der Waals surface area contributed by atoms with Crippen LogP contribution in [0.1, 0.15) is 31.9 Å². The topological polar surface area (TPSA) is 52.7 Å². The summed E-state index contributed by atoms with van der Waals surface area (Å²) >= 11 is 0. The number of halogens is 1. The van der Waals surface area contributed by atoms with E-state index in [4.69, 9.17) is 0 Å². The van der Waals surface area contributed by atoms with Crippen LogP contribution in [0.3, 0.4) is 0 Å². The molecule has 6 heteroatoms. The zero-order valence-electron chi connectivity index (χ0n) is 16.3. The summed E-state index contributed by atoms with van der Waals surface area (Å²) in [5, 5.41) is 2.85. The van der Waals surface area contributed by atoms with Gasteiger partial charge in [-0.2, -0.15) is 0 Å². The number of hydrogen-bond acceptors (Lipinski definition) is 3. The molecule has 2 atom stereocenters. The van der Waals surface area contributed by atoms with Crippen molar-refractivity contribution in [3.8, 4) is 0 Å². The number of amides is 2. The van der Waals surface area contributed by atoms with Crippen LogP contribution >= 0.6 is 0 Å². The number of rotatable bonds is 5. The minimum atomic E-state index is -0.712. The quantitative estimate of drug-likeness (QED) is 0.863. The third-order valence-electron chi connectivity index (χ3n) is 5.11. The van der Waals surface area contributed by atoms with Crippen LogP contribution in [0.15, 0.2) is 54.6 Å². The SMILES string of the molecule is CCC(=O)NC(C(=O)N1CCN(c2ccccc2F)CC1C)c1ccccc1. The van der Waals surface area contributed by atoms with Gasteiger partial charge in [0.05, 0.1) is 5.69 Å². The van der Waals surface area contributed by atoms with Gasteiger partial charge in [0.2, 0.25) is 11.8 Å². The zero-order valence-corrected chi connectivity index (χ0v) is 16.3. The van der Waals surface area contributed by atoms with Crippen LogP contribution in [0, 0.1) is 5.82 Å². The van der Waals surface area contributed by atoms with Gasteiger partial charge in [-0.15, -0.1) is 0 Å². The zero-order chi connectivity index (χ0) is 20.1. The summed E-state index contributed by atoms with van der Waals surface area (Å²) in [6.45, 7) is 5.27. The fourth-order valence-corrected chi connectivity index (χ4v) is 3.57. The highest BCUT2D eigenvalue weighted by Gasteiger charge is 2.33. The summed E-state index contributed by atoms with van der Waals surface area (Å²) in [5.41, 5.74) is 1.32. The summed E-state index contributed by atoms with van der Waals surface area (Å²) in [7, 11) is 0. The molecule has 1 N–H and O–H groups in total. The molecule has 2 aromatic carbocycles. The molecule has 5 nitrogen and oxygen atoms in total. The van der Waals surface area contributed by atoms with Gasteiger partial charge in [0.1, 0.15) is 11.9 Å². The molecule has 0 aromatic heterocycles. The van der Waals surface area contributed by atoms with Crippen molar-refractivity contribution in [2.24, 2.45) is 0 Å². The number of carbonyl (C=O) groups excluding carboxylic acids is 2. The van der Waals surface area contributed by atoms with Crippen molar-refractivity contribution in [1.29, 1.82) is 0 Å². The molecule has 0 aliphatic carbocycles. The Labute approximate surface area is 165 Å². The molecule has 2 amide bonds. The molecule has 28 heavy (non-hydrogen) atoms. The third-order valence-corrected chi connectivity index (χ3v) is 5.11. The smallest absolute Gasteiger partial charge is 0.250 e. The number of carbonyl (C=O) groups is 2. The fraction of sp³-hybridized carbons (Fsp3) is 0.364. The van der Waals surface area contributed by atoms with E-state index in [9.17, 15) is 14.0 Å². The van der Waals surface area contributed by atoms with Crippen molar-refractivity contribution in [1.82, 2.24) is 10.2 Å². The van der Waals surface area contributed by atoms with Crippen molar-refractivity contribution < 1.29 is 14.0 Å². The molecule has 148 valence electrons. The van der Waals surface area contributed by atoms with Gasteiger partial charge >= 0.3 is 0 Å². The van der Waals surface area contributed by atoms with Crippen LogP contribution in [0.25, 0.3) is 0 Å². The number of benzene rings is 2. The van der Waals surface area contributed by atoms with E-state index >= 15 is 0 Å². The van der Waals surface area contributed by atoms with Crippen LogP contribution in [0.5, 0.6) is 0 Å². The Morgan fingerprint density at radius 3 is 2.43 bits per heavy atom. The number of piperazine rings is 1. The van der Waals surface area contributed by atoms with Crippen LogP contribution in [-0.2, 0) is 9.59 Å². The number of para-hydroxylation sites is 1. The largest absolute Gasteiger partial charge is 0.365 e. The normalized spacial score (nSPS) is 17.9. The van der Waals surface area contributed by atoms with Crippen molar-refractivity contribution in [2.45, 2.75) is 32.4 Å². The predicted octanol–water partition coefficient (Wildman–Crippen LogP) is 3.13. The van der Waals surface area contributed by atoms with Gasteiger partial charge in [0.25, 0.3) is 0 Å². The maximum absolute atomic E-state index is 14.1. The van der Waals surface area contributed by atoms with E-state index in [0.29, 0.717) is 31.7 Å². The number of nitrogens with one attached hydrogen (secondary N) is 1.